The lowest BCUT2D eigenvalue weighted by Gasteiger charge is -2.29. The minimum Gasteiger partial charge on any atom is -0.456 e. The molecule has 0 fully saturated rings. The van der Waals surface area contributed by atoms with E-state index in [0.717, 1.165) is 66.9 Å². The van der Waals surface area contributed by atoms with Gasteiger partial charge in [0.1, 0.15) is 11.2 Å². The van der Waals surface area contributed by atoms with Gasteiger partial charge in [0, 0.05) is 44.2 Å². The first kappa shape index (κ1) is 45.9. The maximum atomic E-state index is 6.43. The lowest BCUT2D eigenvalue weighted by atomic mass is 9.78. The van der Waals surface area contributed by atoms with E-state index in [9.17, 15) is 0 Å². The van der Waals surface area contributed by atoms with Crippen LogP contribution in [0.5, 0.6) is 0 Å². The summed E-state index contributed by atoms with van der Waals surface area (Å²) in [6.45, 7) is 13.9. The molecule has 3 heteroatoms. The molecule has 3 nitrogen and oxygen atoms in total. The summed E-state index contributed by atoms with van der Waals surface area (Å²) in [6.07, 6.45) is 0. The highest BCUT2D eigenvalue weighted by molar-refractivity contribution is 6.16. The topological polar surface area (TPSA) is 21.3 Å². The summed E-state index contributed by atoms with van der Waals surface area (Å²) < 4.78 is 8.82. The highest BCUT2D eigenvalue weighted by Gasteiger charge is 2.25. The van der Waals surface area contributed by atoms with Crippen LogP contribution in [-0.4, -0.2) is 4.57 Å². The van der Waals surface area contributed by atoms with E-state index >= 15 is 0 Å². The van der Waals surface area contributed by atoms with E-state index in [-0.39, 0.29) is 10.8 Å². The number of anilines is 3. The van der Waals surface area contributed by atoms with E-state index < -0.39 is 0 Å². The van der Waals surface area contributed by atoms with Gasteiger partial charge in [0.05, 0.1) is 16.7 Å². The molecule has 0 atom stereocenters. The first-order chi connectivity index (χ1) is 36.5. The Labute approximate surface area is 439 Å². The van der Waals surface area contributed by atoms with Gasteiger partial charge in [0.15, 0.2) is 0 Å². The Balaban J connectivity index is 1.02. The summed E-state index contributed by atoms with van der Waals surface area (Å²) in [5, 5.41) is 7.16. The molecule has 75 heavy (non-hydrogen) atoms. The zero-order chi connectivity index (χ0) is 51.0. The van der Waals surface area contributed by atoms with Crippen LogP contribution in [0.1, 0.15) is 52.7 Å². The smallest absolute Gasteiger partial charge is 0.136 e. The van der Waals surface area contributed by atoms with Crippen LogP contribution in [-0.2, 0) is 10.8 Å². The van der Waals surface area contributed by atoms with Crippen molar-refractivity contribution in [2.45, 2.75) is 52.4 Å². The van der Waals surface area contributed by atoms with Crippen LogP contribution in [0.25, 0.3) is 105 Å². The van der Waals surface area contributed by atoms with Crippen molar-refractivity contribution in [2.75, 3.05) is 4.90 Å². The van der Waals surface area contributed by atoms with Crippen LogP contribution in [0, 0.1) is 0 Å². The van der Waals surface area contributed by atoms with Gasteiger partial charge in [-0.15, -0.1) is 0 Å². The van der Waals surface area contributed by atoms with Gasteiger partial charge in [-0.25, -0.2) is 0 Å². The number of hydrogen-bond donors (Lipinski definition) is 0. The monoisotopic (exact) mass is 966 g/mol. The van der Waals surface area contributed by atoms with Crippen LogP contribution in [0.2, 0.25) is 0 Å². The second-order valence-electron chi connectivity index (χ2n) is 22.1. The van der Waals surface area contributed by atoms with Crippen LogP contribution in [0.4, 0.5) is 17.1 Å². The molecule has 2 heterocycles. The van der Waals surface area contributed by atoms with Crippen molar-refractivity contribution >= 4 is 71.6 Å². The molecule has 0 N–H and O–H groups in total. The Kier molecular flexibility index (Phi) is 11.0. The zero-order valence-corrected chi connectivity index (χ0v) is 43.4. The SMILES string of the molecule is CC(C)(C)c1cc(-c2cccc3cccc(-c4ccccc4N(c4ccc(-c5cccc6c5c5ccccc5n6-c5ccccc5)cc4)c4cccc(-c5cccc6oc7ccccc7c56)c4)c23)cc(C(C)(C)C)c1. The van der Waals surface area contributed by atoms with Crippen LogP contribution < -0.4 is 4.90 Å². The van der Waals surface area contributed by atoms with Crippen LogP contribution >= 0.6 is 0 Å². The maximum Gasteiger partial charge on any atom is 0.136 e. The van der Waals surface area contributed by atoms with Gasteiger partial charge < -0.3 is 13.9 Å². The van der Waals surface area contributed by atoms with Gasteiger partial charge in [-0.05, 0) is 138 Å². The van der Waals surface area contributed by atoms with E-state index in [0.29, 0.717) is 0 Å². The largest absolute Gasteiger partial charge is 0.456 e. The third-order valence-corrected chi connectivity index (χ3v) is 15.3. The Morgan fingerprint density at radius 2 is 0.907 bits per heavy atom. The molecular formula is C72H58N2O. The van der Waals surface area contributed by atoms with Crippen LogP contribution in [0.15, 0.2) is 247 Å². The summed E-state index contributed by atoms with van der Waals surface area (Å²) >= 11 is 0. The number of hydrogen-bond acceptors (Lipinski definition) is 2. The molecule has 0 saturated heterocycles. The predicted octanol–water partition coefficient (Wildman–Crippen LogP) is 20.6. The average molecular weight is 967 g/mol. The van der Waals surface area contributed by atoms with Crippen molar-refractivity contribution < 1.29 is 4.42 Å². The quantitative estimate of drug-likeness (QED) is 0.151. The molecule has 0 saturated carbocycles. The average Bonchev–Trinajstić information content (AvgIpc) is 4.00. The fraction of sp³-hybridized carbons (Fsp3) is 0.111. The van der Waals surface area contributed by atoms with Gasteiger partial charge in [-0.1, -0.05) is 217 Å². The van der Waals surface area contributed by atoms with E-state index in [1.165, 1.54) is 66.0 Å². The van der Waals surface area contributed by atoms with Gasteiger partial charge in [-0.3, -0.25) is 0 Å². The Bertz CT molecular complexity index is 4270. The molecule has 0 bridgehead atoms. The summed E-state index contributed by atoms with van der Waals surface area (Å²) in [6, 6.07) is 89.1. The third kappa shape index (κ3) is 7.99. The minimum atomic E-state index is -0.0234. The van der Waals surface area contributed by atoms with Gasteiger partial charge in [0.25, 0.3) is 0 Å². The number of rotatable bonds is 8. The fourth-order valence-electron chi connectivity index (χ4n) is 11.5. The molecule has 0 radical (unpaired) electrons. The lowest BCUT2D eigenvalue weighted by molar-refractivity contribution is 0.569. The number of benzene rings is 11. The van der Waals surface area contributed by atoms with Crippen molar-refractivity contribution in [1.82, 2.24) is 4.57 Å². The van der Waals surface area contributed by atoms with Gasteiger partial charge in [0.2, 0.25) is 0 Å². The second kappa shape index (κ2) is 17.9. The molecule has 0 unspecified atom stereocenters. The van der Waals surface area contributed by atoms with Gasteiger partial charge in [-0.2, -0.15) is 0 Å². The standard InChI is InChI=1S/C72H58N2O/c1-71(2,3)51-43-50(44-52(46-51)72(4,5)6)58-30-17-21-48-22-18-33-60(68(48)58)59-27-10-13-34-63(59)73(55-26-16-23-49(45-55)57-32-20-38-67-70(57)62-29-12-15-37-66(62)75-67)54-41-39-47(40-42-54)56-31-19-36-65-69(56)61-28-11-14-35-64(61)74(65)53-24-8-7-9-25-53/h7-46H,1-6H3. The summed E-state index contributed by atoms with van der Waals surface area (Å²) in [4.78, 5) is 2.46. The Morgan fingerprint density at radius 1 is 0.347 bits per heavy atom. The Hall–Kier alpha value is -8.92. The van der Waals surface area contributed by atoms with E-state index in [2.05, 4.69) is 288 Å². The van der Waals surface area contributed by atoms with Crippen molar-refractivity contribution in [2.24, 2.45) is 0 Å². The molecule has 13 aromatic rings. The molecule has 11 aromatic carbocycles. The molecule has 0 spiro atoms. The summed E-state index contributed by atoms with van der Waals surface area (Å²) in [5.74, 6) is 0. The van der Waals surface area contributed by atoms with Gasteiger partial charge >= 0.3 is 0 Å². The minimum absolute atomic E-state index is 0.0234. The number of aromatic nitrogens is 1. The molecule has 362 valence electrons. The first-order valence-electron chi connectivity index (χ1n) is 26.2. The zero-order valence-electron chi connectivity index (χ0n) is 43.4. The molecule has 13 rings (SSSR count). The van der Waals surface area contributed by atoms with Crippen molar-refractivity contribution in [3.8, 4) is 50.2 Å². The van der Waals surface area contributed by atoms with E-state index in [1.54, 1.807) is 0 Å². The molecular weight excluding hydrogens is 909 g/mol. The number of furan rings is 1. The Morgan fingerprint density at radius 3 is 1.65 bits per heavy atom. The van der Waals surface area contributed by atoms with E-state index in [4.69, 9.17) is 4.42 Å². The van der Waals surface area contributed by atoms with Crippen molar-refractivity contribution in [3.05, 3.63) is 254 Å². The fourth-order valence-corrected chi connectivity index (χ4v) is 11.5. The number of fused-ring (bicyclic) bond motifs is 7. The lowest BCUT2D eigenvalue weighted by Crippen LogP contribution is -2.16. The highest BCUT2D eigenvalue weighted by Crippen LogP contribution is 2.48. The maximum absolute atomic E-state index is 6.43. The molecule has 0 amide bonds. The normalized spacial score (nSPS) is 12.1. The number of nitrogens with zero attached hydrogens (tertiary/aromatic N) is 2. The predicted molar refractivity (Wildman–Crippen MR) is 319 cm³/mol. The second-order valence-corrected chi connectivity index (χ2v) is 22.1. The molecule has 2 aromatic heterocycles. The highest BCUT2D eigenvalue weighted by atomic mass is 16.3. The van der Waals surface area contributed by atoms with Crippen molar-refractivity contribution in [3.63, 3.8) is 0 Å². The molecule has 0 aliphatic carbocycles. The first-order valence-corrected chi connectivity index (χ1v) is 26.2. The van der Waals surface area contributed by atoms with Crippen molar-refractivity contribution in [1.29, 1.82) is 0 Å². The van der Waals surface area contributed by atoms with Crippen LogP contribution in [0.3, 0.4) is 0 Å². The molecule has 0 aliphatic heterocycles. The summed E-state index contributed by atoms with van der Waals surface area (Å²) in [5.41, 5.74) is 20.6. The summed E-state index contributed by atoms with van der Waals surface area (Å²) in [7, 11) is 0. The number of para-hydroxylation sites is 4. The third-order valence-electron chi connectivity index (χ3n) is 15.3. The molecule has 0 aliphatic rings. The van der Waals surface area contributed by atoms with E-state index in [1.807, 2.05) is 6.07 Å².